The summed E-state index contributed by atoms with van der Waals surface area (Å²) in [6, 6.07) is 0. The van der Waals surface area contributed by atoms with Crippen molar-refractivity contribution in [1.29, 1.82) is 0 Å². The lowest BCUT2D eigenvalue weighted by molar-refractivity contribution is -0.166. The van der Waals surface area contributed by atoms with Crippen molar-refractivity contribution in [2.75, 3.05) is 5.73 Å². The number of nitrogens with zero attached hydrogens (tertiary/aromatic N) is 1. The van der Waals surface area contributed by atoms with Gasteiger partial charge in [-0.2, -0.15) is 8.78 Å². The van der Waals surface area contributed by atoms with Crippen molar-refractivity contribution in [3.63, 3.8) is 0 Å². The molecule has 0 aromatic carbocycles. The highest BCUT2D eigenvalue weighted by molar-refractivity contribution is 7.13. The summed E-state index contributed by atoms with van der Waals surface area (Å²) in [7, 11) is 0. The van der Waals surface area contributed by atoms with Gasteiger partial charge < -0.3 is 10.8 Å². The van der Waals surface area contributed by atoms with Crippen LogP contribution in [0.3, 0.4) is 0 Å². The minimum absolute atomic E-state index is 0.0778. The lowest BCUT2D eigenvalue weighted by Gasteiger charge is -2.05. The van der Waals surface area contributed by atoms with E-state index in [0.29, 0.717) is 0 Å². The Morgan fingerprint density at radius 2 is 2.33 bits per heavy atom. The van der Waals surface area contributed by atoms with Gasteiger partial charge in [-0.15, -0.1) is 11.3 Å². The first-order chi connectivity index (χ1) is 5.44. The van der Waals surface area contributed by atoms with Gasteiger partial charge >= 0.3 is 11.9 Å². The third-order valence-corrected chi connectivity index (χ3v) is 1.79. The predicted molar refractivity (Wildman–Crippen MR) is 38.1 cm³/mol. The van der Waals surface area contributed by atoms with Gasteiger partial charge in [0.25, 0.3) is 0 Å². The molecule has 0 radical (unpaired) electrons. The molecule has 12 heavy (non-hydrogen) atoms. The second-order valence-corrected chi connectivity index (χ2v) is 2.84. The maximum atomic E-state index is 12.6. The van der Waals surface area contributed by atoms with Crippen molar-refractivity contribution in [3.05, 3.63) is 11.1 Å². The first-order valence-electron chi connectivity index (χ1n) is 2.77. The SMILES string of the molecule is Nc1nc(C(F)(F)C(=O)O)cs1. The van der Waals surface area contributed by atoms with Crippen molar-refractivity contribution in [2.45, 2.75) is 5.92 Å². The average Bonchev–Trinajstić information content (AvgIpc) is 2.35. The summed E-state index contributed by atoms with van der Waals surface area (Å²) in [6.45, 7) is 0. The molecule has 0 fully saturated rings. The predicted octanol–water partition coefficient (Wildman–Crippen LogP) is 0.902. The van der Waals surface area contributed by atoms with Gasteiger partial charge in [0.05, 0.1) is 0 Å². The van der Waals surface area contributed by atoms with Crippen LogP contribution in [0.15, 0.2) is 5.38 Å². The number of hydrogen-bond donors (Lipinski definition) is 2. The standard InChI is InChI=1S/C5H4F2N2O2S/c6-5(7,3(10)11)2-1-12-4(8)9-2/h1H,(H2,8,9)(H,10,11). The van der Waals surface area contributed by atoms with Crippen molar-refractivity contribution in [1.82, 2.24) is 4.98 Å². The minimum atomic E-state index is -3.95. The first kappa shape index (κ1) is 8.85. The Kier molecular flexibility index (Phi) is 1.97. The van der Waals surface area contributed by atoms with E-state index in [2.05, 4.69) is 4.98 Å². The molecule has 7 heteroatoms. The maximum Gasteiger partial charge on any atom is 0.385 e. The van der Waals surface area contributed by atoms with Gasteiger partial charge in [-0.3, -0.25) is 0 Å². The van der Waals surface area contributed by atoms with Crippen molar-refractivity contribution in [3.8, 4) is 0 Å². The highest BCUT2D eigenvalue weighted by atomic mass is 32.1. The molecule has 0 bridgehead atoms. The number of halogens is 2. The van der Waals surface area contributed by atoms with Crippen LogP contribution >= 0.6 is 11.3 Å². The van der Waals surface area contributed by atoms with Crippen LogP contribution in [-0.4, -0.2) is 16.1 Å². The number of carboxylic acid groups (broad SMARTS) is 1. The number of carbonyl (C=O) groups is 1. The van der Waals surface area contributed by atoms with Crippen molar-refractivity contribution >= 4 is 22.4 Å². The molecule has 0 unspecified atom stereocenters. The van der Waals surface area contributed by atoms with Gasteiger partial charge in [-0.1, -0.05) is 0 Å². The van der Waals surface area contributed by atoms with Crippen LogP contribution in [-0.2, 0) is 10.7 Å². The molecule has 0 saturated carbocycles. The smallest absolute Gasteiger partial charge is 0.385 e. The van der Waals surface area contributed by atoms with Gasteiger partial charge in [0, 0.05) is 5.38 Å². The van der Waals surface area contributed by atoms with Crippen LogP contribution in [0.2, 0.25) is 0 Å². The summed E-state index contributed by atoms with van der Waals surface area (Å²) in [6.07, 6.45) is 0. The Hall–Kier alpha value is -1.24. The molecule has 0 aliphatic carbocycles. The number of aliphatic carboxylic acids is 1. The van der Waals surface area contributed by atoms with Crippen LogP contribution in [0.1, 0.15) is 5.69 Å². The van der Waals surface area contributed by atoms with E-state index in [9.17, 15) is 13.6 Å². The number of alkyl halides is 2. The van der Waals surface area contributed by atoms with E-state index in [4.69, 9.17) is 10.8 Å². The molecule has 0 spiro atoms. The van der Waals surface area contributed by atoms with Gasteiger partial charge in [0.2, 0.25) is 0 Å². The monoisotopic (exact) mass is 194 g/mol. The van der Waals surface area contributed by atoms with E-state index in [1.54, 1.807) is 0 Å². The largest absolute Gasteiger partial charge is 0.476 e. The molecule has 3 N–H and O–H groups in total. The lowest BCUT2D eigenvalue weighted by Crippen LogP contribution is -2.25. The minimum Gasteiger partial charge on any atom is -0.476 e. The van der Waals surface area contributed by atoms with Crippen LogP contribution < -0.4 is 5.73 Å². The number of thiazole rings is 1. The van der Waals surface area contributed by atoms with Gasteiger partial charge in [0.1, 0.15) is 5.69 Å². The number of carboxylic acids is 1. The fourth-order valence-electron chi connectivity index (χ4n) is 0.541. The first-order valence-corrected chi connectivity index (χ1v) is 3.65. The summed E-state index contributed by atoms with van der Waals surface area (Å²) < 4.78 is 25.2. The number of aromatic nitrogens is 1. The molecule has 1 rings (SSSR count). The summed E-state index contributed by atoms with van der Waals surface area (Å²) in [5.74, 6) is -6.18. The highest BCUT2D eigenvalue weighted by Gasteiger charge is 2.43. The molecule has 0 aliphatic heterocycles. The summed E-state index contributed by atoms with van der Waals surface area (Å²) in [4.78, 5) is 13.2. The Morgan fingerprint density at radius 3 is 2.67 bits per heavy atom. The molecule has 0 atom stereocenters. The van der Waals surface area contributed by atoms with Crippen LogP contribution in [0.25, 0.3) is 0 Å². The van der Waals surface area contributed by atoms with E-state index in [-0.39, 0.29) is 5.13 Å². The molecule has 0 aliphatic rings. The maximum absolute atomic E-state index is 12.6. The molecular weight excluding hydrogens is 190 g/mol. The molecule has 1 aromatic heterocycles. The van der Waals surface area contributed by atoms with Crippen LogP contribution in [0.5, 0.6) is 0 Å². The Balaban J connectivity index is 3.05. The molecule has 0 saturated heterocycles. The third-order valence-electron chi connectivity index (χ3n) is 1.11. The Labute approximate surface area is 69.6 Å². The third kappa shape index (κ3) is 1.35. The summed E-state index contributed by atoms with van der Waals surface area (Å²) in [5, 5.41) is 8.92. The number of rotatable bonds is 2. The summed E-state index contributed by atoms with van der Waals surface area (Å²) in [5.41, 5.74) is 4.23. The normalized spacial score (nSPS) is 11.5. The zero-order valence-corrected chi connectivity index (χ0v) is 6.44. The van der Waals surface area contributed by atoms with Crippen molar-refractivity contribution < 1.29 is 18.7 Å². The second kappa shape index (κ2) is 2.67. The quantitative estimate of drug-likeness (QED) is 0.733. The van der Waals surface area contributed by atoms with Gasteiger partial charge in [-0.25, -0.2) is 9.78 Å². The van der Waals surface area contributed by atoms with Crippen molar-refractivity contribution in [2.24, 2.45) is 0 Å². The average molecular weight is 194 g/mol. The van der Waals surface area contributed by atoms with E-state index in [1.807, 2.05) is 0 Å². The number of nitrogen functional groups attached to an aromatic ring is 1. The van der Waals surface area contributed by atoms with Gasteiger partial charge in [0.15, 0.2) is 5.13 Å². The molecule has 66 valence electrons. The molecular formula is C5H4F2N2O2S. The van der Waals surface area contributed by atoms with E-state index < -0.39 is 17.6 Å². The fraction of sp³-hybridized carbons (Fsp3) is 0.200. The number of anilines is 1. The van der Waals surface area contributed by atoms with E-state index in [1.165, 1.54) is 0 Å². The Bertz CT molecular complexity index is 312. The second-order valence-electron chi connectivity index (χ2n) is 1.95. The Morgan fingerprint density at radius 1 is 1.75 bits per heavy atom. The topological polar surface area (TPSA) is 76.2 Å². The number of nitrogens with two attached hydrogens (primary N) is 1. The van der Waals surface area contributed by atoms with Crippen LogP contribution in [0.4, 0.5) is 13.9 Å². The molecule has 1 heterocycles. The zero-order valence-electron chi connectivity index (χ0n) is 5.62. The number of hydrogen-bond acceptors (Lipinski definition) is 4. The summed E-state index contributed by atoms with van der Waals surface area (Å²) >= 11 is 0.772. The zero-order chi connectivity index (χ0) is 9.35. The van der Waals surface area contributed by atoms with E-state index in [0.717, 1.165) is 16.7 Å². The molecule has 1 aromatic rings. The lowest BCUT2D eigenvalue weighted by atomic mass is 10.3. The molecule has 0 amide bonds. The highest BCUT2D eigenvalue weighted by Crippen LogP contribution is 2.29. The van der Waals surface area contributed by atoms with Gasteiger partial charge in [-0.05, 0) is 0 Å². The van der Waals surface area contributed by atoms with Crippen LogP contribution in [0, 0.1) is 0 Å². The molecule has 4 nitrogen and oxygen atoms in total. The fourth-order valence-corrected chi connectivity index (χ4v) is 1.13. The van der Waals surface area contributed by atoms with E-state index >= 15 is 0 Å².